The first-order chi connectivity index (χ1) is 14.9. The smallest absolute Gasteiger partial charge is 0.341 e. The van der Waals surface area contributed by atoms with Crippen LogP contribution in [0, 0.1) is 13.8 Å². The number of nitrogens with one attached hydrogen (secondary N) is 1. The van der Waals surface area contributed by atoms with Crippen LogP contribution in [0.1, 0.15) is 28.4 Å². The molecule has 1 N–H and O–H groups in total. The molecule has 162 valence electrons. The summed E-state index contributed by atoms with van der Waals surface area (Å²) in [5.74, 6) is 0.414. The van der Waals surface area contributed by atoms with Crippen molar-refractivity contribution in [2.75, 3.05) is 25.6 Å². The maximum absolute atomic E-state index is 12.7. The lowest BCUT2D eigenvalue weighted by molar-refractivity contribution is -0.118. The van der Waals surface area contributed by atoms with Crippen molar-refractivity contribution in [1.82, 2.24) is 0 Å². The highest BCUT2D eigenvalue weighted by atomic mass is 32.1. The Morgan fingerprint density at radius 3 is 2.35 bits per heavy atom. The minimum Gasteiger partial charge on any atom is -0.497 e. The van der Waals surface area contributed by atoms with Crippen molar-refractivity contribution in [2.24, 2.45) is 0 Å². The van der Waals surface area contributed by atoms with Gasteiger partial charge in [0.15, 0.2) is 6.61 Å². The largest absolute Gasteiger partial charge is 0.497 e. The van der Waals surface area contributed by atoms with E-state index in [0.29, 0.717) is 22.1 Å². The van der Waals surface area contributed by atoms with E-state index in [4.69, 9.17) is 14.2 Å². The zero-order valence-corrected chi connectivity index (χ0v) is 18.8. The molecular weight excluding hydrogens is 414 g/mol. The average molecular weight is 440 g/mol. The summed E-state index contributed by atoms with van der Waals surface area (Å²) in [6.07, 6.45) is 0. The quantitative estimate of drug-likeness (QED) is 0.486. The Hall–Kier alpha value is -3.32. The van der Waals surface area contributed by atoms with Crippen molar-refractivity contribution in [2.45, 2.75) is 20.8 Å². The van der Waals surface area contributed by atoms with Gasteiger partial charge in [0, 0.05) is 10.9 Å². The van der Waals surface area contributed by atoms with Crippen LogP contribution in [0.5, 0.6) is 11.5 Å². The molecule has 6 nitrogen and oxygen atoms in total. The van der Waals surface area contributed by atoms with Crippen LogP contribution in [0.15, 0.2) is 47.8 Å². The predicted octanol–water partition coefficient (Wildman–Crippen LogP) is 5.23. The number of methoxy groups -OCH3 is 1. The van der Waals surface area contributed by atoms with E-state index in [1.54, 1.807) is 38.3 Å². The molecule has 1 aromatic heterocycles. The Kier molecular flexibility index (Phi) is 7.31. The Labute approximate surface area is 185 Å². The van der Waals surface area contributed by atoms with E-state index >= 15 is 0 Å². The van der Waals surface area contributed by atoms with E-state index in [2.05, 4.69) is 11.4 Å². The highest BCUT2D eigenvalue weighted by Crippen LogP contribution is 2.38. The van der Waals surface area contributed by atoms with Crippen LogP contribution >= 0.6 is 11.3 Å². The van der Waals surface area contributed by atoms with Gasteiger partial charge in [-0.05, 0) is 56.2 Å². The predicted molar refractivity (Wildman–Crippen MR) is 122 cm³/mol. The molecule has 0 unspecified atom stereocenters. The third kappa shape index (κ3) is 5.44. The van der Waals surface area contributed by atoms with E-state index in [1.807, 2.05) is 31.4 Å². The number of rotatable bonds is 8. The number of amides is 1. The first kappa shape index (κ1) is 22.4. The number of benzene rings is 2. The number of hydrogen-bond acceptors (Lipinski definition) is 6. The van der Waals surface area contributed by atoms with E-state index in [0.717, 1.165) is 22.3 Å². The van der Waals surface area contributed by atoms with Gasteiger partial charge in [0.25, 0.3) is 5.91 Å². The fourth-order valence-electron chi connectivity index (χ4n) is 3.15. The van der Waals surface area contributed by atoms with Crippen LogP contribution in [0.3, 0.4) is 0 Å². The molecule has 31 heavy (non-hydrogen) atoms. The number of carbonyl (C=O) groups excluding carboxylic acids is 2. The Balaban J connectivity index is 1.80. The molecule has 0 spiro atoms. The number of thiophene rings is 1. The van der Waals surface area contributed by atoms with Gasteiger partial charge in [-0.25, -0.2) is 4.79 Å². The maximum Gasteiger partial charge on any atom is 0.341 e. The second-order valence-corrected chi connectivity index (χ2v) is 7.78. The van der Waals surface area contributed by atoms with E-state index < -0.39 is 5.97 Å². The van der Waals surface area contributed by atoms with Gasteiger partial charge in [-0.2, -0.15) is 0 Å². The molecule has 1 amide bonds. The molecule has 0 atom stereocenters. The first-order valence-electron chi connectivity index (χ1n) is 9.85. The van der Waals surface area contributed by atoms with Gasteiger partial charge in [-0.3, -0.25) is 4.79 Å². The lowest BCUT2D eigenvalue weighted by Crippen LogP contribution is -2.21. The second-order valence-electron chi connectivity index (χ2n) is 6.90. The summed E-state index contributed by atoms with van der Waals surface area (Å²) >= 11 is 1.29. The fourth-order valence-corrected chi connectivity index (χ4v) is 4.12. The summed E-state index contributed by atoms with van der Waals surface area (Å²) < 4.78 is 15.9. The molecule has 3 aromatic rings. The molecule has 7 heteroatoms. The van der Waals surface area contributed by atoms with Crippen LogP contribution in [-0.4, -0.2) is 32.2 Å². The topological polar surface area (TPSA) is 73.9 Å². The maximum atomic E-state index is 12.7. The molecule has 0 aliphatic rings. The van der Waals surface area contributed by atoms with E-state index in [1.165, 1.54) is 11.3 Å². The monoisotopic (exact) mass is 439 g/mol. The Bertz CT molecular complexity index is 1070. The first-order valence-corrected chi connectivity index (χ1v) is 10.7. The number of aryl methyl sites for hydroxylation is 2. The molecule has 0 aliphatic heterocycles. The number of hydrogen-bond donors (Lipinski definition) is 1. The zero-order valence-electron chi connectivity index (χ0n) is 18.0. The summed E-state index contributed by atoms with van der Waals surface area (Å²) in [5.41, 5.74) is 4.21. The number of carbonyl (C=O) groups is 2. The van der Waals surface area contributed by atoms with Crippen LogP contribution in [0.4, 0.5) is 5.00 Å². The SMILES string of the molecule is CCOC(=O)c1c(-c2ccc(C)cc2C)csc1NC(=O)COc1ccc(OC)cc1. The summed E-state index contributed by atoms with van der Waals surface area (Å²) in [5, 5.41) is 5.10. The van der Waals surface area contributed by atoms with Crippen molar-refractivity contribution < 1.29 is 23.8 Å². The number of anilines is 1. The van der Waals surface area contributed by atoms with Crippen molar-refractivity contribution >= 4 is 28.2 Å². The number of ether oxygens (including phenoxy) is 3. The highest BCUT2D eigenvalue weighted by molar-refractivity contribution is 7.15. The lowest BCUT2D eigenvalue weighted by Gasteiger charge is -2.11. The normalized spacial score (nSPS) is 10.5. The highest BCUT2D eigenvalue weighted by Gasteiger charge is 2.23. The van der Waals surface area contributed by atoms with Crippen molar-refractivity contribution in [3.05, 3.63) is 64.5 Å². The Morgan fingerprint density at radius 2 is 1.71 bits per heavy atom. The van der Waals surface area contributed by atoms with Crippen LogP contribution < -0.4 is 14.8 Å². The zero-order chi connectivity index (χ0) is 22.4. The second kappa shape index (κ2) is 10.1. The molecule has 0 radical (unpaired) electrons. The molecular formula is C24H25NO5S. The molecule has 0 saturated carbocycles. The average Bonchev–Trinajstić information content (AvgIpc) is 3.16. The summed E-state index contributed by atoms with van der Waals surface area (Å²) in [7, 11) is 1.58. The standard InChI is InChI=1S/C24H25NO5S/c1-5-29-24(27)22-20(19-11-6-15(2)12-16(19)3)14-31-23(22)25-21(26)13-30-18-9-7-17(28-4)8-10-18/h6-12,14H,5,13H2,1-4H3,(H,25,26). The van der Waals surface area contributed by atoms with Gasteiger partial charge in [0.05, 0.1) is 13.7 Å². The van der Waals surface area contributed by atoms with Gasteiger partial charge in [-0.15, -0.1) is 11.3 Å². The minimum absolute atomic E-state index is 0.189. The summed E-state index contributed by atoms with van der Waals surface area (Å²) in [4.78, 5) is 25.2. The third-order valence-corrected chi connectivity index (χ3v) is 5.52. The van der Waals surface area contributed by atoms with Gasteiger partial charge < -0.3 is 19.5 Å². The third-order valence-electron chi connectivity index (χ3n) is 4.62. The van der Waals surface area contributed by atoms with Crippen molar-refractivity contribution in [3.63, 3.8) is 0 Å². The molecule has 0 bridgehead atoms. The van der Waals surface area contributed by atoms with E-state index in [-0.39, 0.29) is 19.1 Å². The summed E-state index contributed by atoms with van der Waals surface area (Å²) in [6.45, 7) is 5.82. The fraction of sp³-hybridized carbons (Fsp3) is 0.250. The van der Waals surface area contributed by atoms with Crippen LogP contribution in [0.25, 0.3) is 11.1 Å². The minimum atomic E-state index is -0.468. The number of esters is 1. The molecule has 0 saturated heterocycles. The van der Waals surface area contributed by atoms with Gasteiger partial charge in [-0.1, -0.05) is 23.8 Å². The van der Waals surface area contributed by atoms with Gasteiger partial charge in [0.1, 0.15) is 22.1 Å². The lowest BCUT2D eigenvalue weighted by atomic mass is 9.97. The molecule has 0 aliphatic carbocycles. The van der Waals surface area contributed by atoms with Crippen LogP contribution in [-0.2, 0) is 9.53 Å². The molecule has 2 aromatic carbocycles. The van der Waals surface area contributed by atoms with Crippen molar-refractivity contribution in [3.8, 4) is 22.6 Å². The molecule has 1 heterocycles. The summed E-state index contributed by atoms with van der Waals surface area (Å²) in [6, 6.07) is 13.0. The van der Waals surface area contributed by atoms with Gasteiger partial charge >= 0.3 is 5.97 Å². The van der Waals surface area contributed by atoms with Crippen LogP contribution in [0.2, 0.25) is 0 Å². The van der Waals surface area contributed by atoms with E-state index in [9.17, 15) is 9.59 Å². The molecule has 3 rings (SSSR count). The van der Waals surface area contributed by atoms with Crippen molar-refractivity contribution in [1.29, 1.82) is 0 Å². The Morgan fingerprint density at radius 1 is 1.00 bits per heavy atom. The molecule has 0 fully saturated rings. The van der Waals surface area contributed by atoms with Gasteiger partial charge in [0.2, 0.25) is 0 Å².